The molecule has 0 spiro atoms. The Bertz CT molecular complexity index is 785. The number of rotatable bonds is 2. The van der Waals surface area contributed by atoms with Gasteiger partial charge in [0, 0.05) is 18.4 Å². The Kier molecular flexibility index (Phi) is 3.99. The molecule has 1 heterocycles. The first-order valence-corrected chi connectivity index (χ1v) is 7.69. The van der Waals surface area contributed by atoms with Crippen molar-refractivity contribution in [2.75, 3.05) is 4.90 Å². The van der Waals surface area contributed by atoms with Crippen LogP contribution < -0.4 is 4.90 Å². The lowest BCUT2D eigenvalue weighted by atomic mass is 10.0. The van der Waals surface area contributed by atoms with Gasteiger partial charge in [0.15, 0.2) is 5.78 Å². The second-order valence-electron chi connectivity index (χ2n) is 5.89. The number of hydrogen-bond donors (Lipinski definition) is 0. The average Bonchev–Trinajstić information content (AvgIpc) is 2.67. The van der Waals surface area contributed by atoms with E-state index >= 15 is 0 Å². The molecule has 0 aliphatic carbocycles. The fourth-order valence-corrected chi connectivity index (χ4v) is 2.97. The Hall–Kier alpha value is -2.49. The molecule has 1 aliphatic heterocycles. The second kappa shape index (κ2) is 5.95. The van der Waals surface area contributed by atoms with Crippen LogP contribution in [0.3, 0.4) is 0 Å². The zero-order valence-electron chi connectivity index (χ0n) is 13.2. The molecule has 0 saturated heterocycles. The van der Waals surface area contributed by atoms with E-state index in [-0.39, 0.29) is 36.4 Å². The number of hydrogen-bond acceptors (Lipinski definition) is 2. The summed E-state index contributed by atoms with van der Waals surface area (Å²) in [5, 5.41) is 0. The number of carbonyl (C=O) groups is 2. The quantitative estimate of drug-likeness (QED) is 0.833. The number of fused-ring (bicyclic) bond motifs is 1. The van der Waals surface area contributed by atoms with Crippen LogP contribution in [-0.4, -0.2) is 11.7 Å². The van der Waals surface area contributed by atoms with Gasteiger partial charge in [-0.1, -0.05) is 24.3 Å². The molecule has 3 nitrogen and oxygen atoms in total. The molecule has 1 atom stereocenters. The molecule has 1 unspecified atom stereocenters. The summed E-state index contributed by atoms with van der Waals surface area (Å²) >= 11 is 0. The van der Waals surface area contributed by atoms with Crippen LogP contribution in [0, 0.1) is 12.7 Å². The zero-order valence-corrected chi connectivity index (χ0v) is 13.2. The van der Waals surface area contributed by atoms with Crippen LogP contribution in [0.2, 0.25) is 0 Å². The van der Waals surface area contributed by atoms with Gasteiger partial charge in [-0.25, -0.2) is 4.39 Å². The topological polar surface area (TPSA) is 37.4 Å². The number of ketones is 1. The van der Waals surface area contributed by atoms with Crippen molar-refractivity contribution in [2.45, 2.75) is 32.7 Å². The zero-order chi connectivity index (χ0) is 16.6. The van der Waals surface area contributed by atoms with Crippen LogP contribution in [0.25, 0.3) is 0 Å². The van der Waals surface area contributed by atoms with E-state index in [0.717, 1.165) is 0 Å². The summed E-state index contributed by atoms with van der Waals surface area (Å²) in [6.07, 6.45) is 0.382. The third kappa shape index (κ3) is 2.77. The normalized spacial score (nSPS) is 16.0. The molecule has 2 aromatic rings. The summed E-state index contributed by atoms with van der Waals surface area (Å²) in [4.78, 5) is 26.4. The molecule has 0 N–H and O–H groups in total. The minimum Gasteiger partial charge on any atom is -0.304 e. The highest BCUT2D eigenvalue weighted by molar-refractivity contribution is 6.10. The third-order valence-electron chi connectivity index (χ3n) is 4.36. The van der Waals surface area contributed by atoms with Crippen molar-refractivity contribution in [1.82, 2.24) is 0 Å². The summed E-state index contributed by atoms with van der Waals surface area (Å²) in [5.41, 5.74) is 2.44. The van der Waals surface area contributed by atoms with Gasteiger partial charge in [-0.05, 0) is 43.2 Å². The summed E-state index contributed by atoms with van der Waals surface area (Å²) in [6.45, 7) is 3.56. The SMILES string of the molecule is Cc1ccc(C(C)N2C(=O)CCC(=O)c3ccccc32)cc1F. The number of Topliss-reactive ketones (excluding diaryl/α,β-unsaturated/α-hetero) is 1. The predicted molar refractivity (Wildman–Crippen MR) is 87.0 cm³/mol. The van der Waals surface area contributed by atoms with Gasteiger partial charge >= 0.3 is 0 Å². The number of amides is 1. The Morgan fingerprint density at radius 1 is 1.09 bits per heavy atom. The van der Waals surface area contributed by atoms with Gasteiger partial charge in [-0.2, -0.15) is 0 Å². The van der Waals surface area contributed by atoms with Crippen LogP contribution in [-0.2, 0) is 4.79 Å². The van der Waals surface area contributed by atoms with Gasteiger partial charge < -0.3 is 4.90 Å². The van der Waals surface area contributed by atoms with E-state index < -0.39 is 0 Å². The first-order valence-electron chi connectivity index (χ1n) is 7.69. The highest BCUT2D eigenvalue weighted by Gasteiger charge is 2.30. The van der Waals surface area contributed by atoms with Gasteiger partial charge in [0.1, 0.15) is 5.82 Å². The fraction of sp³-hybridized carbons (Fsp3) is 0.263. The van der Waals surface area contributed by atoms with Gasteiger partial charge in [-0.15, -0.1) is 0 Å². The highest BCUT2D eigenvalue weighted by Crippen LogP contribution is 2.34. The first kappa shape index (κ1) is 15.4. The highest BCUT2D eigenvalue weighted by atomic mass is 19.1. The second-order valence-corrected chi connectivity index (χ2v) is 5.89. The Labute approximate surface area is 134 Å². The molecule has 3 rings (SSSR count). The average molecular weight is 311 g/mol. The Morgan fingerprint density at radius 2 is 1.83 bits per heavy atom. The molecule has 2 aromatic carbocycles. The van der Waals surface area contributed by atoms with Crippen molar-refractivity contribution >= 4 is 17.4 Å². The van der Waals surface area contributed by atoms with Gasteiger partial charge in [0.05, 0.1) is 11.7 Å². The minimum absolute atomic E-state index is 0.0289. The summed E-state index contributed by atoms with van der Waals surface area (Å²) in [7, 11) is 0. The van der Waals surface area contributed by atoms with Gasteiger partial charge in [0.25, 0.3) is 0 Å². The van der Waals surface area contributed by atoms with Crippen molar-refractivity contribution in [1.29, 1.82) is 0 Å². The number of anilines is 1. The molecular weight excluding hydrogens is 293 g/mol. The number of nitrogens with zero attached hydrogens (tertiary/aromatic N) is 1. The minimum atomic E-state index is -0.343. The lowest BCUT2D eigenvalue weighted by molar-refractivity contribution is -0.119. The van der Waals surface area contributed by atoms with Gasteiger partial charge in [-0.3, -0.25) is 9.59 Å². The number of halogens is 1. The summed E-state index contributed by atoms with van der Waals surface area (Å²) < 4.78 is 13.9. The first-order chi connectivity index (χ1) is 11.0. The van der Waals surface area contributed by atoms with Crippen LogP contribution in [0.5, 0.6) is 0 Å². The molecule has 4 heteroatoms. The van der Waals surface area contributed by atoms with Crippen molar-refractivity contribution in [3.05, 3.63) is 65.0 Å². The monoisotopic (exact) mass is 311 g/mol. The fourth-order valence-electron chi connectivity index (χ4n) is 2.97. The maximum absolute atomic E-state index is 13.9. The van der Waals surface area contributed by atoms with E-state index in [1.54, 1.807) is 42.2 Å². The van der Waals surface area contributed by atoms with Crippen molar-refractivity contribution in [3.8, 4) is 0 Å². The van der Waals surface area contributed by atoms with E-state index in [2.05, 4.69) is 0 Å². The summed E-state index contributed by atoms with van der Waals surface area (Å²) in [5.74, 6) is -0.434. The van der Waals surface area contributed by atoms with E-state index in [9.17, 15) is 14.0 Å². The maximum Gasteiger partial charge on any atom is 0.228 e. The van der Waals surface area contributed by atoms with E-state index in [4.69, 9.17) is 0 Å². The molecule has 0 bridgehead atoms. The number of benzene rings is 2. The molecule has 118 valence electrons. The smallest absolute Gasteiger partial charge is 0.228 e. The molecule has 1 aliphatic rings. The van der Waals surface area contributed by atoms with Crippen LogP contribution in [0.1, 0.15) is 47.3 Å². The Balaban J connectivity index is 2.08. The van der Waals surface area contributed by atoms with Crippen molar-refractivity contribution < 1.29 is 14.0 Å². The predicted octanol–water partition coefficient (Wildman–Crippen LogP) is 4.20. The van der Waals surface area contributed by atoms with E-state index in [0.29, 0.717) is 22.4 Å². The standard InChI is InChI=1S/C19H18FNO2/c1-12-7-8-14(11-16(12)20)13(2)21-17-6-4-3-5-15(17)18(22)9-10-19(21)23/h3-8,11,13H,9-10H2,1-2H3. The molecule has 0 fully saturated rings. The third-order valence-corrected chi connectivity index (χ3v) is 4.36. The molecule has 0 radical (unpaired) electrons. The van der Waals surface area contributed by atoms with Crippen molar-refractivity contribution in [3.63, 3.8) is 0 Å². The lowest BCUT2D eigenvalue weighted by Gasteiger charge is -2.29. The van der Waals surface area contributed by atoms with Crippen LogP contribution >= 0.6 is 0 Å². The Morgan fingerprint density at radius 3 is 2.57 bits per heavy atom. The summed E-state index contributed by atoms with van der Waals surface area (Å²) in [6, 6.07) is 11.8. The van der Waals surface area contributed by atoms with E-state index in [1.807, 2.05) is 13.0 Å². The maximum atomic E-state index is 13.9. The number of carbonyl (C=O) groups excluding carboxylic acids is 2. The number of para-hydroxylation sites is 1. The van der Waals surface area contributed by atoms with Gasteiger partial charge in [0.2, 0.25) is 5.91 Å². The molecular formula is C19H18FNO2. The van der Waals surface area contributed by atoms with Crippen molar-refractivity contribution in [2.24, 2.45) is 0 Å². The molecule has 0 saturated carbocycles. The van der Waals surface area contributed by atoms with Crippen LogP contribution in [0.15, 0.2) is 42.5 Å². The molecule has 0 aromatic heterocycles. The van der Waals surface area contributed by atoms with E-state index in [1.165, 1.54) is 6.07 Å². The number of aryl methyl sites for hydroxylation is 1. The largest absolute Gasteiger partial charge is 0.304 e. The molecule has 23 heavy (non-hydrogen) atoms. The molecule has 1 amide bonds. The lowest BCUT2D eigenvalue weighted by Crippen LogP contribution is -2.33. The van der Waals surface area contributed by atoms with Crippen LogP contribution in [0.4, 0.5) is 10.1 Å².